The van der Waals surface area contributed by atoms with Crippen LogP contribution in [0.4, 0.5) is 5.69 Å². The van der Waals surface area contributed by atoms with Crippen LogP contribution in [0.15, 0.2) is 72.8 Å². The van der Waals surface area contributed by atoms with E-state index in [2.05, 4.69) is 29.6 Å². The zero-order chi connectivity index (χ0) is 29.4. The minimum Gasteiger partial charge on any atom is -0.456 e. The normalized spacial score (nSPS) is 21.4. The molecule has 3 aromatic rings. The number of benzene rings is 3. The molecule has 1 heterocycles. The number of hydrogen-bond donors (Lipinski definition) is 1. The van der Waals surface area contributed by atoms with E-state index in [0.717, 1.165) is 22.3 Å². The Kier molecular flexibility index (Phi) is 7.45. The van der Waals surface area contributed by atoms with Gasteiger partial charge in [-0.3, -0.25) is 28.9 Å². The summed E-state index contributed by atoms with van der Waals surface area (Å²) in [5, 5.41) is 2.61. The first kappa shape index (κ1) is 27.6. The van der Waals surface area contributed by atoms with Crippen LogP contribution in [0.25, 0.3) is 0 Å². The predicted octanol–water partition coefficient (Wildman–Crippen LogP) is 4.82. The van der Waals surface area contributed by atoms with Crippen LogP contribution in [-0.4, -0.2) is 47.5 Å². The Labute approximate surface area is 244 Å². The fourth-order valence-corrected chi connectivity index (χ4v) is 6.91. The third-order valence-electron chi connectivity index (χ3n) is 8.72. The molecule has 7 rings (SSSR count). The predicted molar refractivity (Wildman–Crippen MR) is 155 cm³/mol. The van der Waals surface area contributed by atoms with Crippen molar-refractivity contribution in [2.45, 2.75) is 44.4 Å². The van der Waals surface area contributed by atoms with Gasteiger partial charge in [-0.2, -0.15) is 0 Å². The van der Waals surface area contributed by atoms with Gasteiger partial charge in [0.05, 0.1) is 11.8 Å². The van der Waals surface area contributed by atoms with E-state index in [9.17, 15) is 24.0 Å². The number of carbonyl (C=O) groups excluding carboxylic acids is 5. The summed E-state index contributed by atoms with van der Waals surface area (Å²) in [4.78, 5) is 64.5. The number of rotatable bonds is 10. The van der Waals surface area contributed by atoms with Gasteiger partial charge in [-0.1, -0.05) is 67.1 Å². The highest BCUT2D eigenvalue weighted by atomic mass is 16.5. The average molecular weight is 565 g/mol. The van der Waals surface area contributed by atoms with E-state index in [1.165, 1.54) is 11.8 Å². The molecule has 1 fully saturated rings. The Balaban J connectivity index is 0.985. The molecule has 2 bridgehead atoms. The number of nitrogens with zero attached hydrogens (tertiary/aromatic N) is 1. The summed E-state index contributed by atoms with van der Waals surface area (Å²) in [6.45, 7) is 1.35. The zero-order valence-corrected chi connectivity index (χ0v) is 23.4. The molecule has 0 radical (unpaired) electrons. The van der Waals surface area contributed by atoms with Crippen LogP contribution in [0.3, 0.4) is 0 Å². The molecule has 3 aromatic carbocycles. The fraction of sp³-hybridized carbons (Fsp3) is 0.324. The summed E-state index contributed by atoms with van der Waals surface area (Å²) >= 11 is 0. The van der Waals surface area contributed by atoms with Crippen LogP contribution in [0.5, 0.6) is 0 Å². The van der Waals surface area contributed by atoms with Crippen molar-refractivity contribution < 1.29 is 28.7 Å². The molecule has 1 aliphatic heterocycles. The maximum Gasteiger partial charge on any atom is 0.306 e. The van der Waals surface area contributed by atoms with Crippen molar-refractivity contribution in [2.24, 2.45) is 11.8 Å². The highest BCUT2D eigenvalue weighted by Crippen LogP contribution is 2.60. The third kappa shape index (κ3) is 4.91. The Hall–Kier alpha value is -4.59. The van der Waals surface area contributed by atoms with Gasteiger partial charge >= 0.3 is 5.97 Å². The van der Waals surface area contributed by atoms with Crippen LogP contribution in [-0.2, 0) is 23.9 Å². The molecule has 0 saturated carbocycles. The van der Waals surface area contributed by atoms with Crippen LogP contribution < -0.4 is 5.32 Å². The van der Waals surface area contributed by atoms with E-state index >= 15 is 0 Å². The third-order valence-corrected chi connectivity index (χ3v) is 8.72. The molecule has 8 nitrogen and oxygen atoms in total. The van der Waals surface area contributed by atoms with Gasteiger partial charge in [-0.25, -0.2) is 0 Å². The van der Waals surface area contributed by atoms with Gasteiger partial charge in [-0.15, -0.1) is 0 Å². The van der Waals surface area contributed by atoms with Crippen molar-refractivity contribution in [1.82, 2.24) is 4.90 Å². The van der Waals surface area contributed by atoms with Crippen molar-refractivity contribution >= 4 is 35.2 Å². The minimum atomic E-state index is -0.492. The number of unbranched alkanes of at least 4 members (excludes halogenated alkanes) is 2. The maximum absolute atomic E-state index is 13.6. The summed E-state index contributed by atoms with van der Waals surface area (Å²) in [5.41, 5.74) is 5.55. The highest BCUT2D eigenvalue weighted by Gasteiger charge is 2.61. The van der Waals surface area contributed by atoms with Crippen molar-refractivity contribution in [3.05, 3.63) is 101 Å². The molecule has 1 saturated heterocycles. The Bertz CT molecular complexity index is 1480. The largest absolute Gasteiger partial charge is 0.456 e. The monoisotopic (exact) mass is 564 g/mol. The molecule has 1 N–H and O–H groups in total. The molecule has 0 spiro atoms. The number of Topliss-reactive ketones (excluding diaryl/α,β-unsaturated/α-hetero) is 1. The quantitative estimate of drug-likeness (QED) is 0.164. The second-order valence-electron chi connectivity index (χ2n) is 11.2. The van der Waals surface area contributed by atoms with Crippen molar-refractivity contribution in [3.8, 4) is 0 Å². The molecular weight excluding hydrogens is 532 g/mol. The van der Waals surface area contributed by atoms with Gasteiger partial charge in [0.2, 0.25) is 11.8 Å². The average Bonchev–Trinajstić information content (AvgIpc) is 3.25. The number of amides is 3. The number of imide groups is 1. The summed E-state index contributed by atoms with van der Waals surface area (Å²) in [7, 11) is 0. The van der Waals surface area contributed by atoms with Gasteiger partial charge in [0.1, 0.15) is 0 Å². The first-order valence-electron chi connectivity index (χ1n) is 14.4. The van der Waals surface area contributed by atoms with E-state index in [1.807, 2.05) is 24.3 Å². The van der Waals surface area contributed by atoms with E-state index in [1.54, 1.807) is 24.3 Å². The molecule has 0 unspecified atom stereocenters. The SMILES string of the molecule is CC(=O)c1cccc(NC(=O)COC(=O)CCCCCN2C(=O)[C@@H]3C4c5ccccc5C(c5ccccc54)[C@@H]3C2=O)c1. The number of ether oxygens (including phenoxy) is 1. The first-order valence-corrected chi connectivity index (χ1v) is 14.4. The standard InChI is InChI=1S/C34H32N2O6/c1-20(37)21-10-9-11-22(18-21)35-27(38)19-42-28(39)16-3-2-8-17-36-33(40)31-29-23-12-4-5-13-24(23)30(32(31)34(36)41)26-15-7-6-14-25(26)29/h4-7,9-15,18,29-32H,2-3,8,16-17,19H2,1H3,(H,35,38)/t29?,30?,31-,32+. The smallest absolute Gasteiger partial charge is 0.306 e. The van der Waals surface area contributed by atoms with E-state index in [0.29, 0.717) is 37.1 Å². The first-order chi connectivity index (χ1) is 20.3. The van der Waals surface area contributed by atoms with Gasteiger partial charge < -0.3 is 10.1 Å². The summed E-state index contributed by atoms with van der Waals surface area (Å²) in [6.07, 6.45) is 1.88. The summed E-state index contributed by atoms with van der Waals surface area (Å²) in [5.74, 6) is -2.26. The Morgan fingerprint density at radius 3 is 1.88 bits per heavy atom. The summed E-state index contributed by atoms with van der Waals surface area (Å²) in [6, 6.07) is 22.9. The molecule has 3 amide bonds. The van der Waals surface area contributed by atoms with E-state index in [4.69, 9.17) is 4.74 Å². The lowest BCUT2D eigenvalue weighted by Crippen LogP contribution is -2.41. The Morgan fingerprint density at radius 1 is 0.762 bits per heavy atom. The van der Waals surface area contributed by atoms with Crippen molar-refractivity contribution in [2.75, 3.05) is 18.5 Å². The molecule has 214 valence electrons. The molecule has 0 aromatic heterocycles. The molecule has 42 heavy (non-hydrogen) atoms. The lowest BCUT2D eigenvalue weighted by atomic mass is 9.55. The molecule has 3 aliphatic carbocycles. The number of nitrogens with one attached hydrogen (secondary N) is 1. The molecular formula is C34H32N2O6. The molecule has 8 heteroatoms. The topological polar surface area (TPSA) is 110 Å². The van der Waals surface area contributed by atoms with E-state index in [-0.39, 0.29) is 47.7 Å². The second kappa shape index (κ2) is 11.4. The van der Waals surface area contributed by atoms with Gasteiger partial charge in [0, 0.05) is 36.1 Å². The fourth-order valence-electron chi connectivity index (χ4n) is 6.91. The lowest BCUT2D eigenvalue weighted by Gasteiger charge is -2.45. The van der Waals surface area contributed by atoms with E-state index < -0.39 is 18.5 Å². The number of carbonyl (C=O) groups is 5. The van der Waals surface area contributed by atoms with Crippen LogP contribution >= 0.6 is 0 Å². The van der Waals surface area contributed by atoms with Crippen molar-refractivity contribution in [1.29, 1.82) is 0 Å². The zero-order valence-electron chi connectivity index (χ0n) is 23.4. The minimum absolute atomic E-state index is 0.0942. The Morgan fingerprint density at radius 2 is 1.33 bits per heavy atom. The number of likely N-dealkylation sites (tertiary alicyclic amines) is 1. The maximum atomic E-state index is 13.6. The number of esters is 1. The van der Waals surface area contributed by atoms with Crippen LogP contribution in [0.2, 0.25) is 0 Å². The van der Waals surface area contributed by atoms with Gasteiger partial charge in [-0.05, 0) is 54.2 Å². The van der Waals surface area contributed by atoms with Gasteiger partial charge in [0.15, 0.2) is 12.4 Å². The molecule has 4 aliphatic rings. The van der Waals surface area contributed by atoms with Crippen molar-refractivity contribution in [3.63, 3.8) is 0 Å². The van der Waals surface area contributed by atoms with Crippen LogP contribution in [0.1, 0.15) is 77.1 Å². The lowest BCUT2D eigenvalue weighted by molar-refractivity contribution is -0.147. The van der Waals surface area contributed by atoms with Gasteiger partial charge in [0.25, 0.3) is 5.91 Å². The molecule has 2 atom stereocenters. The number of anilines is 1. The second-order valence-corrected chi connectivity index (χ2v) is 11.2. The van der Waals surface area contributed by atoms with Crippen LogP contribution in [0, 0.1) is 11.8 Å². The number of hydrogen-bond acceptors (Lipinski definition) is 6. The summed E-state index contributed by atoms with van der Waals surface area (Å²) < 4.78 is 5.09. The number of ketones is 1. The highest BCUT2D eigenvalue weighted by molar-refractivity contribution is 6.07.